The van der Waals surface area contributed by atoms with Gasteiger partial charge in [-0.15, -0.1) is 0 Å². The summed E-state index contributed by atoms with van der Waals surface area (Å²) in [5.74, 6) is 0. The normalized spacial score (nSPS) is 16.8. The molecule has 0 spiro atoms. The molecule has 1 N–H and O–H groups in total. The highest BCUT2D eigenvalue weighted by Crippen LogP contribution is 2.28. The van der Waals surface area contributed by atoms with Gasteiger partial charge in [-0.25, -0.2) is 0 Å². The standard InChI is InChI=1S/C14H25N3/c1-11(2)17-13(7-9-16-17)14(3,4)8-10-15-12-5-6-12/h7,9,11-12,15H,5-6,8,10H2,1-4H3. The topological polar surface area (TPSA) is 29.9 Å². The minimum Gasteiger partial charge on any atom is -0.314 e. The summed E-state index contributed by atoms with van der Waals surface area (Å²) in [4.78, 5) is 0. The van der Waals surface area contributed by atoms with Crippen molar-refractivity contribution in [1.82, 2.24) is 15.1 Å². The van der Waals surface area contributed by atoms with Gasteiger partial charge in [0.05, 0.1) is 0 Å². The van der Waals surface area contributed by atoms with Crippen LogP contribution in [0.4, 0.5) is 0 Å². The van der Waals surface area contributed by atoms with Crippen LogP contribution in [0.3, 0.4) is 0 Å². The molecule has 0 radical (unpaired) electrons. The van der Waals surface area contributed by atoms with Crippen LogP contribution in [0.1, 0.15) is 58.7 Å². The molecule has 3 heteroatoms. The second-order valence-electron chi connectivity index (χ2n) is 6.12. The first-order chi connectivity index (χ1) is 8.00. The molecule has 0 atom stereocenters. The molecule has 1 aromatic rings. The fourth-order valence-electron chi connectivity index (χ4n) is 2.27. The second kappa shape index (κ2) is 4.81. The van der Waals surface area contributed by atoms with Gasteiger partial charge >= 0.3 is 0 Å². The summed E-state index contributed by atoms with van der Waals surface area (Å²) in [7, 11) is 0. The third-order valence-corrected chi connectivity index (χ3v) is 3.61. The van der Waals surface area contributed by atoms with Crippen LogP contribution in [0.15, 0.2) is 12.3 Å². The largest absolute Gasteiger partial charge is 0.314 e. The molecule has 0 aliphatic heterocycles. The lowest BCUT2D eigenvalue weighted by Gasteiger charge is -2.27. The summed E-state index contributed by atoms with van der Waals surface area (Å²) in [5, 5.41) is 8.03. The number of hydrogen-bond acceptors (Lipinski definition) is 2. The summed E-state index contributed by atoms with van der Waals surface area (Å²) in [5.41, 5.74) is 1.55. The summed E-state index contributed by atoms with van der Waals surface area (Å²) in [6.07, 6.45) is 5.82. The maximum atomic E-state index is 4.43. The van der Waals surface area contributed by atoms with Gasteiger partial charge in [-0.2, -0.15) is 5.10 Å². The molecular weight excluding hydrogens is 210 g/mol. The van der Waals surface area contributed by atoms with E-state index in [1.54, 1.807) is 0 Å². The van der Waals surface area contributed by atoms with Crippen LogP contribution in [0.5, 0.6) is 0 Å². The van der Waals surface area contributed by atoms with Crippen LogP contribution >= 0.6 is 0 Å². The van der Waals surface area contributed by atoms with E-state index in [0.29, 0.717) is 6.04 Å². The molecule has 1 aliphatic rings. The van der Waals surface area contributed by atoms with Crippen molar-refractivity contribution < 1.29 is 0 Å². The van der Waals surface area contributed by atoms with E-state index in [2.05, 4.69) is 48.9 Å². The third-order valence-electron chi connectivity index (χ3n) is 3.61. The average molecular weight is 235 g/mol. The van der Waals surface area contributed by atoms with Crippen molar-refractivity contribution >= 4 is 0 Å². The van der Waals surface area contributed by atoms with Gasteiger partial charge in [0, 0.05) is 29.4 Å². The molecule has 0 bridgehead atoms. The van der Waals surface area contributed by atoms with E-state index in [9.17, 15) is 0 Å². The van der Waals surface area contributed by atoms with Crippen LogP contribution in [-0.2, 0) is 5.41 Å². The maximum Gasteiger partial charge on any atom is 0.0492 e. The Kier molecular flexibility index (Phi) is 3.57. The van der Waals surface area contributed by atoms with Crippen molar-refractivity contribution in [1.29, 1.82) is 0 Å². The summed E-state index contributed by atoms with van der Waals surface area (Å²) in [6.45, 7) is 10.1. The highest BCUT2D eigenvalue weighted by atomic mass is 15.3. The average Bonchev–Trinajstić information content (AvgIpc) is 2.92. The predicted molar refractivity (Wildman–Crippen MR) is 71.3 cm³/mol. The minimum absolute atomic E-state index is 0.197. The summed E-state index contributed by atoms with van der Waals surface area (Å²) >= 11 is 0. The van der Waals surface area contributed by atoms with Gasteiger partial charge in [-0.05, 0) is 45.7 Å². The van der Waals surface area contributed by atoms with E-state index in [0.717, 1.165) is 12.6 Å². The Hall–Kier alpha value is -0.830. The summed E-state index contributed by atoms with van der Waals surface area (Å²) < 4.78 is 2.15. The van der Waals surface area contributed by atoms with Crippen molar-refractivity contribution in [3.63, 3.8) is 0 Å². The van der Waals surface area contributed by atoms with Crippen molar-refractivity contribution in [2.45, 2.75) is 64.5 Å². The highest BCUT2D eigenvalue weighted by Gasteiger charge is 2.27. The smallest absolute Gasteiger partial charge is 0.0492 e. The van der Waals surface area contributed by atoms with Crippen LogP contribution in [0.2, 0.25) is 0 Å². The molecule has 96 valence electrons. The van der Waals surface area contributed by atoms with E-state index in [1.807, 2.05) is 6.20 Å². The van der Waals surface area contributed by atoms with E-state index in [1.165, 1.54) is 25.0 Å². The van der Waals surface area contributed by atoms with E-state index in [4.69, 9.17) is 0 Å². The fraction of sp³-hybridized carbons (Fsp3) is 0.786. The number of aromatic nitrogens is 2. The lowest BCUT2D eigenvalue weighted by molar-refractivity contribution is 0.393. The van der Waals surface area contributed by atoms with Gasteiger partial charge in [0.25, 0.3) is 0 Å². The Morgan fingerprint density at radius 2 is 2.18 bits per heavy atom. The molecule has 0 saturated heterocycles. The Balaban J connectivity index is 1.98. The van der Waals surface area contributed by atoms with Crippen molar-refractivity contribution in [3.8, 4) is 0 Å². The molecule has 1 saturated carbocycles. The zero-order chi connectivity index (χ0) is 12.5. The molecule has 0 amide bonds. The predicted octanol–water partition coefficient (Wildman–Crippen LogP) is 2.88. The molecule has 1 aromatic heterocycles. The van der Waals surface area contributed by atoms with Crippen LogP contribution in [-0.4, -0.2) is 22.4 Å². The Bertz CT molecular complexity index is 361. The van der Waals surface area contributed by atoms with Gasteiger partial charge in [-0.3, -0.25) is 4.68 Å². The van der Waals surface area contributed by atoms with Gasteiger partial charge in [0.15, 0.2) is 0 Å². The van der Waals surface area contributed by atoms with E-state index in [-0.39, 0.29) is 5.41 Å². The molecule has 17 heavy (non-hydrogen) atoms. The van der Waals surface area contributed by atoms with Gasteiger partial charge < -0.3 is 5.32 Å². The molecule has 3 nitrogen and oxygen atoms in total. The maximum absolute atomic E-state index is 4.43. The number of hydrogen-bond donors (Lipinski definition) is 1. The summed E-state index contributed by atoms with van der Waals surface area (Å²) in [6, 6.07) is 3.41. The van der Waals surface area contributed by atoms with E-state index < -0.39 is 0 Å². The van der Waals surface area contributed by atoms with Crippen LogP contribution < -0.4 is 5.32 Å². The van der Waals surface area contributed by atoms with Crippen molar-refractivity contribution in [2.24, 2.45) is 0 Å². The van der Waals surface area contributed by atoms with Crippen molar-refractivity contribution in [3.05, 3.63) is 18.0 Å². The molecule has 0 aromatic carbocycles. The van der Waals surface area contributed by atoms with Crippen LogP contribution in [0, 0.1) is 0 Å². The highest BCUT2D eigenvalue weighted by molar-refractivity contribution is 5.14. The monoisotopic (exact) mass is 235 g/mol. The van der Waals surface area contributed by atoms with Gasteiger partial charge in [0.2, 0.25) is 0 Å². The first-order valence-electron chi connectivity index (χ1n) is 6.78. The number of rotatable bonds is 6. The molecule has 1 heterocycles. The van der Waals surface area contributed by atoms with Gasteiger partial charge in [-0.1, -0.05) is 13.8 Å². The first kappa shape index (κ1) is 12.6. The fourth-order valence-corrected chi connectivity index (χ4v) is 2.27. The Morgan fingerprint density at radius 1 is 1.47 bits per heavy atom. The van der Waals surface area contributed by atoms with E-state index >= 15 is 0 Å². The first-order valence-corrected chi connectivity index (χ1v) is 6.78. The minimum atomic E-state index is 0.197. The molecule has 2 rings (SSSR count). The molecule has 1 aliphatic carbocycles. The van der Waals surface area contributed by atoms with Crippen molar-refractivity contribution in [2.75, 3.05) is 6.54 Å². The third kappa shape index (κ3) is 3.09. The lowest BCUT2D eigenvalue weighted by atomic mass is 9.85. The lowest BCUT2D eigenvalue weighted by Crippen LogP contribution is -2.29. The Labute approximate surface area is 105 Å². The number of nitrogens with one attached hydrogen (secondary N) is 1. The number of nitrogens with zero attached hydrogens (tertiary/aromatic N) is 2. The quantitative estimate of drug-likeness (QED) is 0.821. The Morgan fingerprint density at radius 3 is 2.76 bits per heavy atom. The SMILES string of the molecule is CC(C)n1nccc1C(C)(C)CCNC1CC1. The zero-order valence-electron chi connectivity index (χ0n) is 11.5. The van der Waals surface area contributed by atoms with Gasteiger partial charge in [0.1, 0.15) is 0 Å². The molecule has 0 unspecified atom stereocenters. The van der Waals surface area contributed by atoms with Crippen LogP contribution in [0.25, 0.3) is 0 Å². The molecular formula is C14H25N3. The molecule has 1 fully saturated rings. The zero-order valence-corrected chi connectivity index (χ0v) is 11.5. The second-order valence-corrected chi connectivity index (χ2v) is 6.12.